The molecule has 1 saturated heterocycles. The molecule has 0 amide bonds. The van der Waals surface area contributed by atoms with Crippen molar-refractivity contribution in [3.05, 3.63) is 24.3 Å². The van der Waals surface area contributed by atoms with Gasteiger partial charge in [0.05, 0.1) is 19.8 Å². The molecule has 0 aromatic carbocycles. The highest BCUT2D eigenvalue weighted by atomic mass is 16.7. The summed E-state index contributed by atoms with van der Waals surface area (Å²) >= 11 is 0. The van der Waals surface area contributed by atoms with E-state index in [-0.39, 0.29) is 19.2 Å². The van der Waals surface area contributed by atoms with Crippen LogP contribution in [0.15, 0.2) is 24.3 Å². The first-order chi connectivity index (χ1) is 28.4. The predicted molar refractivity (Wildman–Crippen MR) is 238 cm³/mol. The van der Waals surface area contributed by atoms with Gasteiger partial charge in [0.1, 0.15) is 30.5 Å². The number of aliphatic hydroxyl groups excluding tert-OH is 4. The Kier molecular flexibility index (Phi) is 38.7. The molecule has 0 aromatic rings. The summed E-state index contributed by atoms with van der Waals surface area (Å²) in [5.41, 5.74) is 0. The fourth-order valence-corrected chi connectivity index (χ4v) is 7.52. The minimum absolute atomic E-state index is 0.111. The van der Waals surface area contributed by atoms with Crippen LogP contribution in [-0.4, -0.2) is 89.6 Å². The summed E-state index contributed by atoms with van der Waals surface area (Å²) in [5, 5.41) is 40.2. The molecule has 0 saturated carbocycles. The van der Waals surface area contributed by atoms with Gasteiger partial charge in [0.15, 0.2) is 6.29 Å². The van der Waals surface area contributed by atoms with Gasteiger partial charge in [0, 0.05) is 13.0 Å². The number of aliphatic hydroxyl groups is 4. The highest BCUT2D eigenvalue weighted by Gasteiger charge is 2.44. The number of ether oxygens (including phenoxy) is 4. The Morgan fingerprint density at radius 1 is 0.552 bits per heavy atom. The van der Waals surface area contributed by atoms with E-state index < -0.39 is 43.4 Å². The van der Waals surface area contributed by atoms with Gasteiger partial charge >= 0.3 is 5.97 Å². The Bertz CT molecular complexity index is 941. The normalized spacial score (nSPS) is 20.4. The molecule has 0 radical (unpaired) electrons. The van der Waals surface area contributed by atoms with Crippen LogP contribution in [0.5, 0.6) is 0 Å². The number of hydrogen-bond acceptors (Lipinski definition) is 9. The number of hydrogen-bond donors (Lipinski definition) is 4. The molecule has 342 valence electrons. The minimum atomic E-state index is -1.53. The molecular formula is C49H92O9. The van der Waals surface area contributed by atoms with E-state index in [0.29, 0.717) is 13.0 Å². The van der Waals surface area contributed by atoms with Gasteiger partial charge in [-0.15, -0.1) is 0 Å². The van der Waals surface area contributed by atoms with Crippen LogP contribution in [0.4, 0.5) is 0 Å². The lowest BCUT2D eigenvalue weighted by Gasteiger charge is -2.39. The van der Waals surface area contributed by atoms with Gasteiger partial charge in [-0.05, 0) is 44.9 Å². The van der Waals surface area contributed by atoms with Crippen molar-refractivity contribution in [2.24, 2.45) is 0 Å². The fraction of sp³-hybridized carbons (Fsp3) is 0.898. The minimum Gasteiger partial charge on any atom is -0.457 e. The smallest absolute Gasteiger partial charge is 0.306 e. The molecule has 1 aliphatic rings. The average molecular weight is 825 g/mol. The molecule has 9 heteroatoms. The van der Waals surface area contributed by atoms with Crippen molar-refractivity contribution in [1.82, 2.24) is 0 Å². The molecule has 0 bridgehead atoms. The van der Waals surface area contributed by atoms with Gasteiger partial charge < -0.3 is 39.4 Å². The van der Waals surface area contributed by atoms with Crippen LogP contribution in [0.2, 0.25) is 0 Å². The number of carbonyl (C=O) groups is 1. The molecule has 1 heterocycles. The Hall–Kier alpha value is -1.33. The van der Waals surface area contributed by atoms with E-state index in [1.165, 1.54) is 161 Å². The molecule has 0 spiro atoms. The summed E-state index contributed by atoms with van der Waals surface area (Å²) in [6, 6.07) is 0. The van der Waals surface area contributed by atoms with E-state index in [2.05, 4.69) is 38.2 Å². The first-order valence-corrected chi connectivity index (χ1v) is 24.4. The zero-order chi connectivity index (χ0) is 42.2. The van der Waals surface area contributed by atoms with Crippen LogP contribution in [-0.2, 0) is 23.7 Å². The monoisotopic (exact) mass is 825 g/mol. The van der Waals surface area contributed by atoms with Gasteiger partial charge in [0.25, 0.3) is 0 Å². The maximum absolute atomic E-state index is 12.8. The number of unbranched alkanes of at least 4 members (excludes halogenated alkanes) is 27. The topological polar surface area (TPSA) is 135 Å². The van der Waals surface area contributed by atoms with E-state index in [9.17, 15) is 25.2 Å². The number of allylic oxidation sites excluding steroid dienone is 4. The third-order valence-corrected chi connectivity index (χ3v) is 11.4. The predicted octanol–water partition coefficient (Wildman–Crippen LogP) is 11.4. The summed E-state index contributed by atoms with van der Waals surface area (Å²) in [6.07, 6.45) is 40.6. The van der Waals surface area contributed by atoms with Gasteiger partial charge in [-0.3, -0.25) is 4.79 Å². The van der Waals surface area contributed by atoms with E-state index in [0.717, 1.165) is 38.5 Å². The molecule has 6 atom stereocenters. The second kappa shape index (κ2) is 41.0. The molecule has 1 fully saturated rings. The van der Waals surface area contributed by atoms with Gasteiger partial charge in [-0.2, -0.15) is 0 Å². The van der Waals surface area contributed by atoms with Crippen molar-refractivity contribution in [3.63, 3.8) is 0 Å². The Morgan fingerprint density at radius 3 is 1.48 bits per heavy atom. The first-order valence-electron chi connectivity index (χ1n) is 24.4. The quantitative estimate of drug-likeness (QED) is 0.0269. The van der Waals surface area contributed by atoms with Gasteiger partial charge in [0.2, 0.25) is 0 Å². The molecule has 6 unspecified atom stereocenters. The Labute approximate surface area is 356 Å². The van der Waals surface area contributed by atoms with Crippen molar-refractivity contribution >= 4 is 5.97 Å². The number of carbonyl (C=O) groups excluding carboxylic acids is 1. The number of rotatable bonds is 42. The maximum Gasteiger partial charge on any atom is 0.306 e. The Morgan fingerprint density at radius 2 is 1.00 bits per heavy atom. The SMILES string of the molecule is CCCCCCC/C=C\C/C=C\CCCCCCCCCCCC(=O)OC(COCCCCCCCCCCCCCCCC)COC1OC(CO)C(O)C(O)C1O. The molecular weight excluding hydrogens is 733 g/mol. The number of esters is 1. The highest BCUT2D eigenvalue weighted by molar-refractivity contribution is 5.69. The van der Waals surface area contributed by atoms with Crippen LogP contribution in [0.25, 0.3) is 0 Å². The molecule has 58 heavy (non-hydrogen) atoms. The molecule has 4 N–H and O–H groups in total. The van der Waals surface area contributed by atoms with E-state index in [1.54, 1.807) is 0 Å². The van der Waals surface area contributed by atoms with Gasteiger partial charge in [-0.25, -0.2) is 0 Å². The summed E-state index contributed by atoms with van der Waals surface area (Å²) < 4.78 is 22.9. The summed E-state index contributed by atoms with van der Waals surface area (Å²) in [5.74, 6) is -0.314. The second-order valence-electron chi connectivity index (χ2n) is 16.9. The maximum atomic E-state index is 12.8. The van der Waals surface area contributed by atoms with Crippen molar-refractivity contribution in [1.29, 1.82) is 0 Å². The standard InChI is InChI=1S/C49H92O9/c1-3-5-7-9-11-13-15-17-19-20-21-22-23-24-25-26-28-30-32-34-36-38-45(51)57-43(42-56-49-48(54)47(53)46(52)44(40-50)58-49)41-55-39-37-35-33-31-29-27-18-16-14-12-10-8-6-4-2/h15,17,20-21,43-44,46-50,52-54H,3-14,16,18-19,22-42H2,1-2H3/b17-15-,21-20-. The largest absolute Gasteiger partial charge is 0.457 e. The zero-order valence-corrected chi connectivity index (χ0v) is 37.6. The van der Waals surface area contributed by atoms with Gasteiger partial charge in [-0.1, -0.05) is 192 Å². The van der Waals surface area contributed by atoms with Crippen molar-refractivity contribution in [2.45, 2.75) is 256 Å². The Balaban J connectivity index is 2.21. The summed E-state index contributed by atoms with van der Waals surface area (Å²) in [4.78, 5) is 12.8. The molecule has 1 rings (SSSR count). The van der Waals surface area contributed by atoms with Crippen molar-refractivity contribution in [3.8, 4) is 0 Å². The third kappa shape index (κ3) is 31.5. The van der Waals surface area contributed by atoms with E-state index >= 15 is 0 Å². The molecule has 1 aliphatic heterocycles. The zero-order valence-electron chi connectivity index (χ0n) is 37.6. The van der Waals surface area contributed by atoms with Crippen LogP contribution in [0.3, 0.4) is 0 Å². The lowest BCUT2D eigenvalue weighted by molar-refractivity contribution is -0.305. The van der Waals surface area contributed by atoms with E-state index in [4.69, 9.17) is 18.9 Å². The first kappa shape index (κ1) is 54.7. The van der Waals surface area contributed by atoms with E-state index in [1.807, 2.05) is 0 Å². The molecule has 9 nitrogen and oxygen atoms in total. The summed E-state index contributed by atoms with van der Waals surface area (Å²) in [7, 11) is 0. The lowest BCUT2D eigenvalue weighted by Crippen LogP contribution is -2.59. The van der Waals surface area contributed by atoms with Crippen LogP contribution in [0.1, 0.15) is 219 Å². The fourth-order valence-electron chi connectivity index (χ4n) is 7.52. The third-order valence-electron chi connectivity index (χ3n) is 11.4. The van der Waals surface area contributed by atoms with Crippen LogP contribution < -0.4 is 0 Å². The summed E-state index contributed by atoms with van der Waals surface area (Å²) in [6.45, 7) is 4.58. The van der Waals surface area contributed by atoms with Crippen molar-refractivity contribution < 1.29 is 44.2 Å². The van der Waals surface area contributed by atoms with Crippen molar-refractivity contribution in [2.75, 3.05) is 26.4 Å². The average Bonchev–Trinajstić information content (AvgIpc) is 3.22. The molecule has 0 aromatic heterocycles. The second-order valence-corrected chi connectivity index (χ2v) is 16.9. The molecule has 0 aliphatic carbocycles. The highest BCUT2D eigenvalue weighted by Crippen LogP contribution is 2.23. The van der Waals surface area contributed by atoms with Crippen LogP contribution >= 0.6 is 0 Å². The van der Waals surface area contributed by atoms with Crippen LogP contribution in [0, 0.1) is 0 Å². The lowest BCUT2D eigenvalue weighted by atomic mass is 9.99.